The van der Waals surface area contributed by atoms with Gasteiger partial charge in [0.15, 0.2) is 0 Å². The normalized spacial score (nSPS) is 16.6. The Morgan fingerprint density at radius 3 is 2.57 bits per heavy atom. The van der Waals surface area contributed by atoms with Crippen LogP contribution in [0.5, 0.6) is 0 Å². The summed E-state index contributed by atoms with van der Waals surface area (Å²) in [7, 11) is 1.86. The van der Waals surface area contributed by atoms with Gasteiger partial charge in [-0.1, -0.05) is 0 Å². The number of aliphatic hydroxyl groups is 2. The van der Waals surface area contributed by atoms with Crippen molar-refractivity contribution < 1.29 is 24.1 Å². The van der Waals surface area contributed by atoms with Crippen molar-refractivity contribution in [1.82, 2.24) is 4.90 Å². The van der Waals surface area contributed by atoms with E-state index < -0.39 is 11.7 Å². The smallest absolute Gasteiger partial charge is 0.410 e. The highest BCUT2D eigenvalue weighted by atomic mass is 19.1. The lowest BCUT2D eigenvalue weighted by Gasteiger charge is -2.38. The molecule has 1 aliphatic rings. The van der Waals surface area contributed by atoms with Gasteiger partial charge in [-0.3, -0.25) is 0 Å². The summed E-state index contributed by atoms with van der Waals surface area (Å²) in [6.07, 6.45) is 0.274. The zero-order valence-corrected chi connectivity index (χ0v) is 17.1. The number of anilines is 2. The highest BCUT2D eigenvalue weighted by Crippen LogP contribution is 2.27. The van der Waals surface area contributed by atoms with Crippen molar-refractivity contribution >= 4 is 17.5 Å². The highest BCUT2D eigenvalue weighted by Gasteiger charge is 2.29. The zero-order chi connectivity index (χ0) is 20.9. The number of nitrogens with one attached hydrogen (secondary N) is 1. The van der Waals surface area contributed by atoms with Gasteiger partial charge in [0.05, 0.1) is 18.4 Å². The molecule has 0 saturated carbocycles. The molecular formula is C20H32FN3O4. The Bertz CT molecular complexity index is 657. The van der Waals surface area contributed by atoms with E-state index in [1.807, 2.05) is 32.7 Å². The molecule has 1 aromatic rings. The van der Waals surface area contributed by atoms with Gasteiger partial charge in [0.1, 0.15) is 11.4 Å². The molecule has 0 spiro atoms. The third-order valence-corrected chi connectivity index (χ3v) is 4.74. The molecule has 3 N–H and O–H groups in total. The quantitative estimate of drug-likeness (QED) is 0.684. The summed E-state index contributed by atoms with van der Waals surface area (Å²) in [6.45, 7) is 6.48. The minimum Gasteiger partial charge on any atom is -0.444 e. The fourth-order valence-corrected chi connectivity index (χ4v) is 3.16. The molecule has 1 amide bonds. The molecule has 28 heavy (non-hydrogen) atoms. The van der Waals surface area contributed by atoms with Crippen LogP contribution >= 0.6 is 0 Å². The second-order valence-electron chi connectivity index (χ2n) is 8.19. The second-order valence-corrected chi connectivity index (χ2v) is 8.19. The molecule has 1 aromatic carbocycles. The van der Waals surface area contributed by atoms with E-state index in [-0.39, 0.29) is 31.1 Å². The number of likely N-dealkylation sites (tertiary alicyclic amines) is 1. The molecule has 7 nitrogen and oxygen atoms in total. The van der Waals surface area contributed by atoms with Crippen molar-refractivity contribution in [3.05, 3.63) is 24.0 Å². The van der Waals surface area contributed by atoms with E-state index in [2.05, 4.69) is 5.32 Å². The van der Waals surface area contributed by atoms with E-state index in [0.29, 0.717) is 24.5 Å². The summed E-state index contributed by atoms with van der Waals surface area (Å²) in [5.74, 6) is -0.361. The number of hydrogen-bond acceptors (Lipinski definition) is 6. The minimum absolute atomic E-state index is 0.128. The number of aliphatic hydroxyl groups excluding tert-OH is 2. The molecule has 0 bridgehead atoms. The third kappa shape index (κ3) is 6.24. The zero-order valence-electron chi connectivity index (χ0n) is 17.1. The van der Waals surface area contributed by atoms with Gasteiger partial charge in [-0.05, 0) is 51.8 Å². The van der Waals surface area contributed by atoms with Gasteiger partial charge in [0.2, 0.25) is 0 Å². The van der Waals surface area contributed by atoms with Gasteiger partial charge in [-0.25, -0.2) is 9.18 Å². The summed E-state index contributed by atoms with van der Waals surface area (Å²) in [4.78, 5) is 15.8. The molecule has 0 aromatic heterocycles. The van der Waals surface area contributed by atoms with Gasteiger partial charge in [-0.15, -0.1) is 0 Å². The second kappa shape index (κ2) is 9.43. The number of carbonyl (C=O) groups excluding carboxylic acids is 1. The molecule has 1 heterocycles. The minimum atomic E-state index is -0.888. The van der Waals surface area contributed by atoms with Gasteiger partial charge in [0, 0.05) is 38.4 Å². The van der Waals surface area contributed by atoms with E-state index in [9.17, 15) is 14.3 Å². The van der Waals surface area contributed by atoms with Gasteiger partial charge in [-0.2, -0.15) is 0 Å². The van der Waals surface area contributed by atoms with E-state index >= 15 is 0 Å². The topological polar surface area (TPSA) is 85.3 Å². The third-order valence-electron chi connectivity index (χ3n) is 4.74. The molecule has 1 atom stereocenters. The van der Waals surface area contributed by atoms with Crippen LogP contribution in [0.4, 0.5) is 20.6 Å². The number of amides is 1. The molecular weight excluding hydrogens is 365 g/mol. The van der Waals surface area contributed by atoms with Crippen molar-refractivity contribution in [3.8, 4) is 0 Å². The van der Waals surface area contributed by atoms with Gasteiger partial charge < -0.3 is 30.1 Å². The van der Waals surface area contributed by atoms with E-state index in [1.54, 1.807) is 17.0 Å². The largest absolute Gasteiger partial charge is 0.444 e. The van der Waals surface area contributed by atoms with Crippen molar-refractivity contribution in [2.45, 2.75) is 51.4 Å². The summed E-state index contributed by atoms with van der Waals surface area (Å²) in [6, 6.07) is 4.95. The molecule has 1 saturated heterocycles. The predicted molar refractivity (Wildman–Crippen MR) is 107 cm³/mol. The highest BCUT2D eigenvalue weighted by molar-refractivity contribution is 5.68. The van der Waals surface area contributed by atoms with Crippen molar-refractivity contribution in [1.29, 1.82) is 0 Å². The number of carbonyl (C=O) groups is 1. The van der Waals surface area contributed by atoms with Crippen LogP contribution in [0.2, 0.25) is 0 Å². The molecule has 158 valence electrons. The average molecular weight is 397 g/mol. The van der Waals surface area contributed by atoms with E-state index in [4.69, 9.17) is 9.84 Å². The van der Waals surface area contributed by atoms with Crippen LogP contribution in [-0.4, -0.2) is 72.2 Å². The average Bonchev–Trinajstić information content (AvgIpc) is 2.64. The van der Waals surface area contributed by atoms with Crippen LogP contribution < -0.4 is 10.2 Å². The number of nitrogens with zero attached hydrogens (tertiary/aromatic N) is 2. The van der Waals surface area contributed by atoms with Crippen LogP contribution in [0.3, 0.4) is 0 Å². The first kappa shape index (κ1) is 22.2. The van der Waals surface area contributed by atoms with Gasteiger partial charge in [0.25, 0.3) is 0 Å². The van der Waals surface area contributed by atoms with Crippen molar-refractivity contribution in [3.63, 3.8) is 0 Å². The van der Waals surface area contributed by atoms with E-state index in [0.717, 1.165) is 12.8 Å². The fourth-order valence-electron chi connectivity index (χ4n) is 3.16. The maximum Gasteiger partial charge on any atom is 0.410 e. The number of benzene rings is 1. The van der Waals surface area contributed by atoms with Crippen LogP contribution in [0.15, 0.2) is 18.2 Å². The summed E-state index contributed by atoms with van der Waals surface area (Å²) in [5.41, 5.74) is 0.516. The lowest BCUT2D eigenvalue weighted by molar-refractivity contribution is 0.0205. The Balaban J connectivity index is 1.92. The molecule has 2 rings (SSSR count). The van der Waals surface area contributed by atoms with Crippen molar-refractivity contribution in [2.24, 2.45) is 0 Å². The SMILES string of the molecule is CN(c1ccc(NCC(O)CO)cc1F)C1CCN(C(=O)OC(C)(C)C)CC1. The van der Waals surface area contributed by atoms with Crippen LogP contribution in [0.25, 0.3) is 0 Å². The van der Waals surface area contributed by atoms with E-state index in [1.165, 1.54) is 6.07 Å². The number of ether oxygens (including phenoxy) is 1. The number of hydrogen-bond donors (Lipinski definition) is 3. The molecule has 0 radical (unpaired) electrons. The molecule has 1 unspecified atom stereocenters. The van der Waals surface area contributed by atoms with Crippen LogP contribution in [-0.2, 0) is 4.74 Å². The lowest BCUT2D eigenvalue weighted by Crippen LogP contribution is -2.47. The number of piperidine rings is 1. The lowest BCUT2D eigenvalue weighted by atomic mass is 10.0. The molecule has 1 fully saturated rings. The van der Waals surface area contributed by atoms with Crippen LogP contribution in [0, 0.1) is 5.82 Å². The van der Waals surface area contributed by atoms with Crippen molar-refractivity contribution in [2.75, 3.05) is 43.5 Å². The molecule has 0 aliphatic carbocycles. The first-order valence-electron chi connectivity index (χ1n) is 9.64. The Kier molecular flexibility index (Phi) is 7.48. The predicted octanol–water partition coefficient (Wildman–Crippen LogP) is 2.43. The Labute approximate surface area is 166 Å². The standard InChI is InChI=1S/C20H32FN3O4/c1-20(2,3)28-19(27)24-9-7-15(8-10-24)23(4)18-6-5-14(11-17(18)21)22-12-16(26)13-25/h5-6,11,15-16,22,25-26H,7-10,12-13H2,1-4H3. The first-order valence-corrected chi connectivity index (χ1v) is 9.64. The van der Waals surface area contributed by atoms with Gasteiger partial charge >= 0.3 is 6.09 Å². The number of halogens is 1. The molecule has 1 aliphatic heterocycles. The molecule has 8 heteroatoms. The maximum atomic E-state index is 14.6. The van der Waals surface area contributed by atoms with Crippen LogP contribution in [0.1, 0.15) is 33.6 Å². The summed E-state index contributed by atoms with van der Waals surface area (Å²) in [5, 5.41) is 21.1. The monoisotopic (exact) mass is 397 g/mol. The Hall–Kier alpha value is -2.06. The number of rotatable bonds is 6. The Morgan fingerprint density at radius 1 is 1.39 bits per heavy atom. The summed E-state index contributed by atoms with van der Waals surface area (Å²) >= 11 is 0. The summed E-state index contributed by atoms with van der Waals surface area (Å²) < 4.78 is 20.0. The first-order chi connectivity index (χ1) is 13.1. The Morgan fingerprint density at radius 2 is 2.04 bits per heavy atom. The fraction of sp³-hybridized carbons (Fsp3) is 0.650. The maximum absolute atomic E-state index is 14.6.